The van der Waals surface area contributed by atoms with Crippen molar-refractivity contribution in [1.82, 2.24) is 10.0 Å². The molecule has 0 rings (SSSR count). The molecule has 0 radical (unpaired) electrons. The number of hydrogen-bond donors (Lipinski definition) is 0. The van der Waals surface area contributed by atoms with Gasteiger partial charge in [-0.25, -0.2) is 0 Å². The van der Waals surface area contributed by atoms with Gasteiger partial charge in [0.25, 0.3) is 0 Å². The zero-order valence-corrected chi connectivity index (χ0v) is 12.1. The van der Waals surface area contributed by atoms with Crippen LogP contribution in [0.15, 0.2) is 0 Å². The Bertz CT molecular complexity index is 147. The van der Waals surface area contributed by atoms with E-state index in [9.17, 15) is 4.48 Å². The molecule has 0 atom stereocenters. The molecule has 0 unspecified atom stereocenters. The molecule has 0 aromatic carbocycles. The number of unbranched alkanes of at least 4 members (excludes halogenated alkanes) is 2. The summed E-state index contributed by atoms with van der Waals surface area (Å²) in [7, 11) is 0. The molecule has 2 nitrogen and oxygen atoms in total. The smallest absolute Gasteiger partial charge is 0.0290 e. The standard InChI is InChI=1S/C14H31FN2/c1-4-7-13-17(15)14-9-8-12-16(10-5-2)11-6-3/h4-14H2,1-3H3. The molecule has 0 fully saturated rings. The van der Waals surface area contributed by atoms with Gasteiger partial charge in [-0.3, -0.25) is 0 Å². The minimum absolute atomic E-state index is 0.601. The number of rotatable bonds is 12. The van der Waals surface area contributed by atoms with Gasteiger partial charge in [0.2, 0.25) is 0 Å². The van der Waals surface area contributed by atoms with Crippen molar-refractivity contribution in [3.8, 4) is 0 Å². The molecule has 0 aromatic heterocycles. The summed E-state index contributed by atoms with van der Waals surface area (Å²) in [5, 5.41) is 0.980. The van der Waals surface area contributed by atoms with Gasteiger partial charge < -0.3 is 4.90 Å². The van der Waals surface area contributed by atoms with Crippen molar-refractivity contribution in [3.05, 3.63) is 0 Å². The molecule has 0 heterocycles. The van der Waals surface area contributed by atoms with Gasteiger partial charge >= 0.3 is 0 Å². The Morgan fingerprint density at radius 3 is 1.71 bits per heavy atom. The van der Waals surface area contributed by atoms with Crippen LogP contribution in [0.2, 0.25) is 0 Å². The van der Waals surface area contributed by atoms with Gasteiger partial charge in [-0.1, -0.05) is 27.2 Å². The molecule has 17 heavy (non-hydrogen) atoms. The van der Waals surface area contributed by atoms with E-state index in [2.05, 4.69) is 25.7 Å². The van der Waals surface area contributed by atoms with E-state index < -0.39 is 0 Å². The number of nitrogens with zero attached hydrogens (tertiary/aromatic N) is 2. The lowest BCUT2D eigenvalue weighted by Gasteiger charge is -2.21. The topological polar surface area (TPSA) is 6.48 Å². The Morgan fingerprint density at radius 1 is 0.647 bits per heavy atom. The van der Waals surface area contributed by atoms with Crippen molar-refractivity contribution < 1.29 is 4.48 Å². The minimum Gasteiger partial charge on any atom is -0.303 e. The van der Waals surface area contributed by atoms with Crippen LogP contribution in [0.25, 0.3) is 0 Å². The molecule has 0 saturated carbocycles. The van der Waals surface area contributed by atoms with Crippen molar-refractivity contribution in [1.29, 1.82) is 0 Å². The fourth-order valence-corrected chi connectivity index (χ4v) is 2.03. The molecule has 0 aliphatic carbocycles. The largest absolute Gasteiger partial charge is 0.303 e. The second kappa shape index (κ2) is 12.3. The molecular weight excluding hydrogens is 215 g/mol. The van der Waals surface area contributed by atoms with Gasteiger partial charge in [0.1, 0.15) is 0 Å². The lowest BCUT2D eigenvalue weighted by molar-refractivity contribution is 0.0216. The van der Waals surface area contributed by atoms with Crippen LogP contribution in [0.4, 0.5) is 4.48 Å². The van der Waals surface area contributed by atoms with Crippen LogP contribution < -0.4 is 0 Å². The maximum atomic E-state index is 13.2. The van der Waals surface area contributed by atoms with E-state index >= 15 is 0 Å². The molecule has 0 spiro atoms. The monoisotopic (exact) mass is 246 g/mol. The van der Waals surface area contributed by atoms with E-state index in [1.54, 1.807) is 0 Å². The van der Waals surface area contributed by atoms with E-state index in [-0.39, 0.29) is 0 Å². The molecular formula is C14H31FN2. The fourth-order valence-electron chi connectivity index (χ4n) is 2.03. The summed E-state index contributed by atoms with van der Waals surface area (Å²) in [5.74, 6) is 0. The SMILES string of the molecule is CCCCN(F)CCCCN(CCC)CCC. The van der Waals surface area contributed by atoms with Crippen molar-refractivity contribution >= 4 is 0 Å². The van der Waals surface area contributed by atoms with Crippen molar-refractivity contribution in [2.75, 3.05) is 32.7 Å². The van der Waals surface area contributed by atoms with Crippen LogP contribution in [0.5, 0.6) is 0 Å². The van der Waals surface area contributed by atoms with Crippen molar-refractivity contribution in [3.63, 3.8) is 0 Å². The van der Waals surface area contributed by atoms with Gasteiger partial charge in [-0.2, -0.15) is 0 Å². The first-order valence-corrected chi connectivity index (χ1v) is 7.37. The molecule has 0 aliphatic heterocycles. The van der Waals surface area contributed by atoms with E-state index in [1.807, 2.05) is 0 Å². The van der Waals surface area contributed by atoms with Crippen molar-refractivity contribution in [2.45, 2.75) is 59.3 Å². The Balaban J connectivity index is 3.46. The zero-order chi connectivity index (χ0) is 12.9. The Labute approximate surface area is 107 Å². The van der Waals surface area contributed by atoms with Gasteiger partial charge in [0, 0.05) is 13.1 Å². The molecule has 0 saturated heterocycles. The quantitative estimate of drug-likeness (QED) is 0.381. The third kappa shape index (κ3) is 10.7. The lowest BCUT2D eigenvalue weighted by atomic mass is 10.2. The third-order valence-corrected chi connectivity index (χ3v) is 2.96. The molecule has 104 valence electrons. The Hall–Kier alpha value is -0.150. The summed E-state index contributed by atoms with van der Waals surface area (Å²) in [4.78, 5) is 2.49. The second-order valence-electron chi connectivity index (χ2n) is 4.81. The molecule has 0 bridgehead atoms. The van der Waals surface area contributed by atoms with Crippen LogP contribution in [0, 0.1) is 0 Å². The predicted molar refractivity (Wildman–Crippen MR) is 73.8 cm³/mol. The van der Waals surface area contributed by atoms with Gasteiger partial charge in [0.05, 0.1) is 0 Å². The normalized spacial score (nSPS) is 11.6. The Morgan fingerprint density at radius 2 is 1.18 bits per heavy atom. The molecule has 0 aliphatic rings. The van der Waals surface area contributed by atoms with Gasteiger partial charge in [0.15, 0.2) is 0 Å². The van der Waals surface area contributed by atoms with Gasteiger partial charge in [-0.05, 0) is 51.7 Å². The lowest BCUT2D eigenvalue weighted by Crippen LogP contribution is -2.27. The summed E-state index contributed by atoms with van der Waals surface area (Å²) >= 11 is 0. The summed E-state index contributed by atoms with van der Waals surface area (Å²) in [6.07, 6.45) is 6.56. The third-order valence-electron chi connectivity index (χ3n) is 2.96. The maximum Gasteiger partial charge on any atom is 0.0290 e. The second-order valence-corrected chi connectivity index (χ2v) is 4.81. The first-order valence-electron chi connectivity index (χ1n) is 7.37. The summed E-state index contributed by atoms with van der Waals surface area (Å²) in [6.45, 7) is 11.2. The van der Waals surface area contributed by atoms with Crippen LogP contribution >= 0.6 is 0 Å². The summed E-state index contributed by atoms with van der Waals surface area (Å²) < 4.78 is 13.2. The van der Waals surface area contributed by atoms with Crippen LogP contribution in [0.1, 0.15) is 59.3 Å². The van der Waals surface area contributed by atoms with Crippen LogP contribution in [-0.2, 0) is 0 Å². The van der Waals surface area contributed by atoms with E-state index in [4.69, 9.17) is 0 Å². The highest BCUT2D eigenvalue weighted by molar-refractivity contribution is 4.57. The predicted octanol–water partition coefficient (Wildman–Crippen LogP) is 3.88. The molecule has 0 N–H and O–H groups in total. The van der Waals surface area contributed by atoms with E-state index in [1.165, 1.54) is 25.9 Å². The molecule has 0 amide bonds. The highest BCUT2D eigenvalue weighted by Gasteiger charge is 2.04. The fraction of sp³-hybridized carbons (Fsp3) is 1.00. The van der Waals surface area contributed by atoms with Crippen LogP contribution in [0.3, 0.4) is 0 Å². The van der Waals surface area contributed by atoms with E-state index in [0.29, 0.717) is 13.1 Å². The maximum absolute atomic E-state index is 13.2. The molecule has 3 heteroatoms. The first kappa shape index (κ1) is 16.9. The average molecular weight is 246 g/mol. The first-order chi connectivity index (χ1) is 8.24. The minimum atomic E-state index is 0.601. The number of hydrogen-bond acceptors (Lipinski definition) is 2. The van der Waals surface area contributed by atoms with Gasteiger partial charge in [-0.15, -0.1) is 9.60 Å². The van der Waals surface area contributed by atoms with E-state index in [0.717, 1.165) is 37.4 Å². The summed E-state index contributed by atoms with van der Waals surface area (Å²) in [5.41, 5.74) is 0. The zero-order valence-electron chi connectivity index (χ0n) is 12.1. The summed E-state index contributed by atoms with van der Waals surface area (Å²) in [6, 6.07) is 0. The highest BCUT2D eigenvalue weighted by atomic mass is 19.2. The van der Waals surface area contributed by atoms with Crippen molar-refractivity contribution in [2.24, 2.45) is 0 Å². The van der Waals surface area contributed by atoms with Crippen LogP contribution in [-0.4, -0.2) is 42.7 Å². The average Bonchev–Trinajstić information content (AvgIpc) is 2.32. The number of halogens is 1. The molecule has 0 aromatic rings. The Kier molecular flexibility index (Phi) is 12.2. The highest BCUT2D eigenvalue weighted by Crippen LogP contribution is 2.02.